The molecule has 0 fully saturated rings. The third kappa shape index (κ3) is 8.11. The van der Waals surface area contributed by atoms with E-state index in [1.165, 1.54) is 13.8 Å². The van der Waals surface area contributed by atoms with E-state index in [0.717, 1.165) is 6.07 Å². The van der Waals surface area contributed by atoms with Gasteiger partial charge >= 0.3 is 24.7 Å². The van der Waals surface area contributed by atoms with Gasteiger partial charge in [-0.3, -0.25) is 0 Å². The summed E-state index contributed by atoms with van der Waals surface area (Å²) in [5, 5.41) is 8.91. The number of alkyl halides is 6. The van der Waals surface area contributed by atoms with E-state index in [1.807, 2.05) is 0 Å². The Kier molecular flexibility index (Phi) is 8.24. The van der Waals surface area contributed by atoms with Gasteiger partial charge in [0.15, 0.2) is 0 Å². The van der Waals surface area contributed by atoms with Gasteiger partial charge in [0.1, 0.15) is 24.2 Å². The topological polar surface area (TPSA) is 133 Å². The lowest BCUT2D eigenvalue weighted by Gasteiger charge is -2.29. The number of benzene rings is 1. The third-order valence-electron chi connectivity index (χ3n) is 3.95. The number of halogens is 6. The number of hydrogen-bond acceptors (Lipinski definition) is 10. The number of carbonyl (C=O) groups is 2. The normalized spacial score (nSPS) is 16.1. The first-order valence-corrected chi connectivity index (χ1v) is 9.20. The standard InChI is InChI=1S/C18H15F6NO10/c1-8-3-11(35-18(22,23)24)4-10-5-12(14(17(19,20)21)34-13(8)10)15(26)30-7-31-16(27)33-9(2)6-32-25(28)29/h3-5,9,14H,6-7H2,1-2H3/t9-,14-/m0/s1. The summed E-state index contributed by atoms with van der Waals surface area (Å²) in [4.78, 5) is 37.7. The molecule has 0 aliphatic carbocycles. The van der Waals surface area contributed by atoms with E-state index in [1.54, 1.807) is 0 Å². The van der Waals surface area contributed by atoms with Crippen LogP contribution >= 0.6 is 0 Å². The molecule has 17 heteroatoms. The molecule has 2 rings (SSSR count). The van der Waals surface area contributed by atoms with Crippen LogP contribution in [0.4, 0.5) is 31.1 Å². The molecule has 0 radical (unpaired) electrons. The van der Waals surface area contributed by atoms with Crippen LogP contribution in [0.15, 0.2) is 17.7 Å². The second kappa shape index (κ2) is 10.6. The van der Waals surface area contributed by atoms with Gasteiger partial charge in [0.25, 0.3) is 5.09 Å². The number of hydrogen-bond donors (Lipinski definition) is 0. The number of rotatable bonds is 8. The Balaban J connectivity index is 2.14. The van der Waals surface area contributed by atoms with Gasteiger partial charge in [-0.05, 0) is 37.6 Å². The maximum absolute atomic E-state index is 13.5. The van der Waals surface area contributed by atoms with E-state index in [2.05, 4.69) is 23.8 Å². The fraction of sp³-hybridized carbons (Fsp3) is 0.444. The Morgan fingerprint density at radius 3 is 2.40 bits per heavy atom. The number of nitrogens with zero attached hydrogens (tertiary/aromatic N) is 1. The second-order valence-electron chi connectivity index (χ2n) is 6.74. The van der Waals surface area contributed by atoms with Gasteiger partial charge in [-0.25, -0.2) is 9.59 Å². The first kappa shape index (κ1) is 27.3. The molecule has 1 aliphatic rings. The Morgan fingerprint density at radius 2 is 1.83 bits per heavy atom. The van der Waals surface area contributed by atoms with Crippen molar-refractivity contribution in [3.05, 3.63) is 38.9 Å². The maximum atomic E-state index is 13.5. The lowest BCUT2D eigenvalue weighted by atomic mass is 9.99. The van der Waals surface area contributed by atoms with Crippen LogP contribution in [0.1, 0.15) is 18.1 Å². The molecular weight excluding hydrogens is 504 g/mol. The molecule has 1 aliphatic heterocycles. The second-order valence-corrected chi connectivity index (χ2v) is 6.74. The summed E-state index contributed by atoms with van der Waals surface area (Å²) in [5.41, 5.74) is -1.63. The molecule has 1 heterocycles. The molecule has 1 aromatic carbocycles. The summed E-state index contributed by atoms with van der Waals surface area (Å²) in [6.07, 6.45) is -15.1. The van der Waals surface area contributed by atoms with Crippen LogP contribution in [0.3, 0.4) is 0 Å². The van der Waals surface area contributed by atoms with Crippen molar-refractivity contribution in [1.82, 2.24) is 0 Å². The Morgan fingerprint density at radius 1 is 1.17 bits per heavy atom. The number of carbonyl (C=O) groups excluding carboxylic acids is 2. The zero-order chi connectivity index (χ0) is 26.6. The average Bonchev–Trinajstić information content (AvgIpc) is 2.69. The first-order chi connectivity index (χ1) is 16.1. The minimum absolute atomic E-state index is 0.138. The predicted octanol–water partition coefficient (Wildman–Crippen LogP) is 3.85. The summed E-state index contributed by atoms with van der Waals surface area (Å²) in [5.74, 6) is -2.88. The molecule has 0 N–H and O–H groups in total. The zero-order valence-electron chi connectivity index (χ0n) is 17.6. The summed E-state index contributed by atoms with van der Waals surface area (Å²) in [6, 6.07) is 1.51. The van der Waals surface area contributed by atoms with Crippen LogP contribution in [0.25, 0.3) is 6.08 Å². The molecule has 1 aromatic rings. The van der Waals surface area contributed by atoms with Gasteiger partial charge in [0, 0.05) is 5.56 Å². The lowest BCUT2D eigenvalue weighted by molar-refractivity contribution is -0.759. The molecule has 11 nitrogen and oxygen atoms in total. The van der Waals surface area contributed by atoms with Crippen molar-refractivity contribution in [2.24, 2.45) is 0 Å². The minimum atomic E-state index is -5.14. The van der Waals surface area contributed by atoms with Crippen molar-refractivity contribution in [3.63, 3.8) is 0 Å². The molecule has 0 saturated carbocycles. The largest absolute Gasteiger partial charge is 0.573 e. The molecule has 0 unspecified atom stereocenters. The highest BCUT2D eigenvalue weighted by Gasteiger charge is 2.49. The first-order valence-electron chi connectivity index (χ1n) is 9.20. The zero-order valence-corrected chi connectivity index (χ0v) is 17.6. The monoisotopic (exact) mass is 519 g/mol. The van der Waals surface area contributed by atoms with Crippen LogP contribution in [0.2, 0.25) is 0 Å². The Bertz CT molecular complexity index is 1010. The molecule has 0 saturated heterocycles. The number of esters is 1. The molecule has 0 amide bonds. The maximum Gasteiger partial charge on any atom is 0.573 e. The average molecular weight is 519 g/mol. The third-order valence-corrected chi connectivity index (χ3v) is 3.95. The number of fused-ring (bicyclic) bond motifs is 1. The SMILES string of the molecule is Cc1cc(OC(F)(F)F)cc2c1O[C@H](C(F)(F)F)C(C(=O)OCOC(=O)O[C@@H](C)CO[N+](=O)[O-])=C2. The Labute approximate surface area is 191 Å². The summed E-state index contributed by atoms with van der Waals surface area (Å²) in [6.45, 7) is 0.471. The van der Waals surface area contributed by atoms with Crippen molar-refractivity contribution < 1.29 is 69.5 Å². The van der Waals surface area contributed by atoms with E-state index in [4.69, 9.17) is 4.74 Å². The van der Waals surface area contributed by atoms with Crippen LogP contribution < -0.4 is 9.47 Å². The highest BCUT2D eigenvalue weighted by molar-refractivity contribution is 5.96. The van der Waals surface area contributed by atoms with Crippen molar-refractivity contribution in [2.75, 3.05) is 13.4 Å². The predicted molar refractivity (Wildman–Crippen MR) is 97.2 cm³/mol. The van der Waals surface area contributed by atoms with E-state index in [9.17, 15) is 46.0 Å². The number of ether oxygens (including phenoxy) is 5. The fourth-order valence-corrected chi connectivity index (χ4v) is 2.67. The van der Waals surface area contributed by atoms with E-state index in [-0.39, 0.29) is 11.1 Å². The van der Waals surface area contributed by atoms with E-state index < -0.39 is 72.4 Å². The van der Waals surface area contributed by atoms with Crippen LogP contribution in [0, 0.1) is 17.0 Å². The molecule has 0 aromatic heterocycles. The van der Waals surface area contributed by atoms with Gasteiger partial charge in [0.05, 0.1) is 5.57 Å². The van der Waals surface area contributed by atoms with Gasteiger partial charge in [-0.15, -0.1) is 23.3 Å². The van der Waals surface area contributed by atoms with Gasteiger partial charge in [0.2, 0.25) is 12.9 Å². The molecule has 0 bridgehead atoms. The smallest absolute Gasteiger partial charge is 0.475 e. The number of aryl methyl sites for hydroxylation is 1. The van der Waals surface area contributed by atoms with Gasteiger partial charge in [-0.1, -0.05) is 0 Å². The lowest BCUT2D eigenvalue weighted by Crippen LogP contribution is -2.41. The van der Waals surface area contributed by atoms with Crippen molar-refractivity contribution in [1.29, 1.82) is 0 Å². The van der Waals surface area contributed by atoms with Crippen molar-refractivity contribution in [2.45, 2.75) is 38.6 Å². The van der Waals surface area contributed by atoms with Crippen LogP contribution in [-0.2, 0) is 23.8 Å². The van der Waals surface area contributed by atoms with Crippen LogP contribution in [-0.4, -0.2) is 55.4 Å². The summed E-state index contributed by atoms with van der Waals surface area (Å²) >= 11 is 0. The summed E-state index contributed by atoms with van der Waals surface area (Å²) in [7, 11) is 0. The fourth-order valence-electron chi connectivity index (χ4n) is 2.67. The van der Waals surface area contributed by atoms with Crippen LogP contribution in [0.5, 0.6) is 11.5 Å². The Hall–Kier alpha value is -3.92. The van der Waals surface area contributed by atoms with E-state index >= 15 is 0 Å². The quantitative estimate of drug-likeness (QED) is 0.164. The van der Waals surface area contributed by atoms with E-state index in [0.29, 0.717) is 12.1 Å². The highest BCUT2D eigenvalue weighted by Crippen LogP contribution is 2.41. The van der Waals surface area contributed by atoms with Crippen molar-refractivity contribution >= 4 is 18.2 Å². The van der Waals surface area contributed by atoms with Gasteiger partial charge < -0.3 is 28.5 Å². The van der Waals surface area contributed by atoms with Crippen molar-refractivity contribution in [3.8, 4) is 11.5 Å². The molecular formula is C18H15F6NO10. The van der Waals surface area contributed by atoms with Gasteiger partial charge in [-0.2, -0.15) is 13.2 Å². The molecule has 35 heavy (non-hydrogen) atoms. The highest BCUT2D eigenvalue weighted by atomic mass is 19.4. The molecule has 194 valence electrons. The minimum Gasteiger partial charge on any atom is -0.475 e. The molecule has 2 atom stereocenters. The molecule has 0 spiro atoms. The summed E-state index contributed by atoms with van der Waals surface area (Å²) < 4.78 is 99.9.